The average molecular weight is 320 g/mol. The zero-order valence-electron chi connectivity index (χ0n) is 13.0. The number of carbonyl (C=O) groups excluding carboxylic acids is 1. The number of carbonyl (C=O) groups is 1. The molecule has 0 saturated carbocycles. The molecule has 0 unspecified atom stereocenters. The van der Waals surface area contributed by atoms with E-state index >= 15 is 0 Å². The molecule has 4 rings (SSSR count). The Morgan fingerprint density at radius 2 is 1.96 bits per heavy atom. The highest BCUT2D eigenvalue weighted by Gasteiger charge is 2.31. The molecule has 0 N–H and O–H groups in total. The lowest BCUT2D eigenvalue weighted by Gasteiger charge is -2.14. The first-order valence-electron chi connectivity index (χ1n) is 7.90. The van der Waals surface area contributed by atoms with Gasteiger partial charge in [0.2, 0.25) is 0 Å². The highest BCUT2D eigenvalue weighted by atomic mass is 16.5. The van der Waals surface area contributed by atoms with Gasteiger partial charge in [-0.1, -0.05) is 29.4 Å². The van der Waals surface area contributed by atoms with Crippen LogP contribution in [-0.2, 0) is 0 Å². The van der Waals surface area contributed by atoms with Crippen molar-refractivity contribution in [3.63, 3.8) is 0 Å². The molecule has 3 aromatic rings. The third-order valence-electron chi connectivity index (χ3n) is 4.19. The second-order valence-electron chi connectivity index (χ2n) is 5.78. The van der Waals surface area contributed by atoms with Crippen LogP contribution in [0.2, 0.25) is 0 Å². The summed E-state index contributed by atoms with van der Waals surface area (Å²) >= 11 is 0. The fraction of sp³-hybridized carbons (Fsp3) is 0.222. The molecular formula is C18H16N4O2. The predicted molar refractivity (Wildman–Crippen MR) is 87.2 cm³/mol. The predicted octanol–water partition coefficient (Wildman–Crippen LogP) is 2.76. The average Bonchev–Trinajstić information content (AvgIpc) is 3.32. The third-order valence-corrected chi connectivity index (χ3v) is 4.19. The van der Waals surface area contributed by atoms with Crippen LogP contribution >= 0.6 is 0 Å². The van der Waals surface area contributed by atoms with Crippen LogP contribution in [0.1, 0.15) is 28.7 Å². The largest absolute Gasteiger partial charge is 0.337 e. The van der Waals surface area contributed by atoms with Gasteiger partial charge in [-0.2, -0.15) is 4.98 Å². The van der Waals surface area contributed by atoms with Crippen molar-refractivity contribution in [3.8, 4) is 11.5 Å². The van der Waals surface area contributed by atoms with Crippen LogP contribution in [0.5, 0.6) is 0 Å². The van der Waals surface area contributed by atoms with Crippen LogP contribution in [0.4, 0.5) is 0 Å². The van der Waals surface area contributed by atoms with E-state index in [2.05, 4.69) is 15.1 Å². The van der Waals surface area contributed by atoms with E-state index in [-0.39, 0.29) is 11.8 Å². The number of aromatic nitrogens is 3. The Kier molecular flexibility index (Phi) is 3.78. The summed E-state index contributed by atoms with van der Waals surface area (Å²) in [5, 5.41) is 4.10. The minimum atomic E-state index is -0.0510. The normalized spacial score (nSPS) is 17.2. The number of nitrogens with zero attached hydrogens (tertiary/aromatic N) is 4. The van der Waals surface area contributed by atoms with Crippen molar-refractivity contribution in [1.29, 1.82) is 0 Å². The maximum Gasteiger partial charge on any atom is 0.272 e. The van der Waals surface area contributed by atoms with Gasteiger partial charge in [0, 0.05) is 30.8 Å². The van der Waals surface area contributed by atoms with Crippen molar-refractivity contribution in [2.24, 2.45) is 0 Å². The molecule has 1 atom stereocenters. The van der Waals surface area contributed by atoms with Gasteiger partial charge in [-0.05, 0) is 30.7 Å². The Balaban J connectivity index is 1.48. The Hall–Kier alpha value is -3.02. The number of likely N-dealkylation sites (tertiary alicyclic amines) is 1. The summed E-state index contributed by atoms with van der Waals surface area (Å²) in [6.07, 6.45) is 2.46. The third kappa shape index (κ3) is 2.78. The van der Waals surface area contributed by atoms with E-state index < -0.39 is 0 Å². The molecule has 1 aliphatic rings. The van der Waals surface area contributed by atoms with Gasteiger partial charge in [0.15, 0.2) is 5.82 Å². The number of rotatable bonds is 3. The van der Waals surface area contributed by atoms with Gasteiger partial charge < -0.3 is 9.42 Å². The maximum atomic E-state index is 12.4. The van der Waals surface area contributed by atoms with E-state index in [4.69, 9.17) is 4.52 Å². The summed E-state index contributed by atoms with van der Waals surface area (Å²) in [5.74, 6) is 1.22. The fourth-order valence-electron chi connectivity index (χ4n) is 2.91. The molecule has 24 heavy (non-hydrogen) atoms. The van der Waals surface area contributed by atoms with Crippen LogP contribution in [0.25, 0.3) is 11.5 Å². The second kappa shape index (κ2) is 6.23. The summed E-state index contributed by atoms with van der Waals surface area (Å²) in [7, 11) is 0. The first kappa shape index (κ1) is 14.6. The van der Waals surface area contributed by atoms with Crippen molar-refractivity contribution in [3.05, 3.63) is 66.2 Å². The molecule has 3 heterocycles. The number of pyridine rings is 1. The van der Waals surface area contributed by atoms with Crippen LogP contribution < -0.4 is 0 Å². The molecule has 6 nitrogen and oxygen atoms in total. The lowest BCUT2D eigenvalue weighted by Crippen LogP contribution is -2.29. The van der Waals surface area contributed by atoms with Crippen molar-refractivity contribution in [2.45, 2.75) is 12.3 Å². The van der Waals surface area contributed by atoms with E-state index in [0.29, 0.717) is 30.5 Å². The number of hydrogen-bond donors (Lipinski definition) is 0. The van der Waals surface area contributed by atoms with Gasteiger partial charge in [0.1, 0.15) is 5.69 Å². The molecule has 1 fully saturated rings. The van der Waals surface area contributed by atoms with E-state index in [0.717, 1.165) is 12.0 Å². The summed E-state index contributed by atoms with van der Waals surface area (Å²) < 4.78 is 5.37. The van der Waals surface area contributed by atoms with Crippen molar-refractivity contribution in [1.82, 2.24) is 20.0 Å². The zero-order valence-corrected chi connectivity index (χ0v) is 13.0. The second-order valence-corrected chi connectivity index (χ2v) is 5.78. The summed E-state index contributed by atoms with van der Waals surface area (Å²) in [4.78, 5) is 22.9. The van der Waals surface area contributed by atoms with Crippen LogP contribution in [0.15, 0.2) is 59.3 Å². The minimum Gasteiger partial charge on any atom is -0.337 e. The quantitative estimate of drug-likeness (QED) is 0.742. The Labute approximate surface area is 139 Å². The highest BCUT2D eigenvalue weighted by Crippen LogP contribution is 2.28. The Morgan fingerprint density at radius 3 is 2.75 bits per heavy atom. The molecule has 1 aliphatic heterocycles. The summed E-state index contributed by atoms with van der Waals surface area (Å²) in [6.45, 7) is 1.26. The summed E-state index contributed by atoms with van der Waals surface area (Å²) in [6, 6.07) is 15.0. The SMILES string of the molecule is O=C(c1ccccn1)N1CC[C@@H](c2noc(-c3ccccc3)n2)C1. The topological polar surface area (TPSA) is 72.1 Å². The van der Waals surface area contributed by atoms with Crippen LogP contribution in [0.3, 0.4) is 0 Å². The molecule has 0 radical (unpaired) electrons. The molecule has 120 valence electrons. The molecule has 1 aromatic carbocycles. The molecular weight excluding hydrogens is 304 g/mol. The lowest BCUT2D eigenvalue weighted by atomic mass is 10.1. The van der Waals surface area contributed by atoms with Gasteiger partial charge >= 0.3 is 0 Å². The van der Waals surface area contributed by atoms with E-state index in [1.165, 1.54) is 0 Å². The number of benzene rings is 1. The zero-order chi connectivity index (χ0) is 16.4. The van der Waals surface area contributed by atoms with Crippen molar-refractivity contribution >= 4 is 5.91 Å². The van der Waals surface area contributed by atoms with Gasteiger partial charge in [-0.3, -0.25) is 9.78 Å². The first-order chi connectivity index (χ1) is 11.8. The van der Waals surface area contributed by atoms with Crippen molar-refractivity contribution < 1.29 is 9.32 Å². The van der Waals surface area contributed by atoms with Gasteiger partial charge in [0.25, 0.3) is 11.8 Å². The Morgan fingerprint density at radius 1 is 1.12 bits per heavy atom. The number of hydrogen-bond acceptors (Lipinski definition) is 5. The van der Waals surface area contributed by atoms with Gasteiger partial charge in [0.05, 0.1) is 0 Å². The molecule has 0 bridgehead atoms. The van der Waals surface area contributed by atoms with Gasteiger partial charge in [-0.15, -0.1) is 0 Å². The smallest absolute Gasteiger partial charge is 0.272 e. The standard InChI is InChI=1S/C18H16N4O2/c23-18(15-8-4-5-10-19-15)22-11-9-14(12-22)16-20-17(24-21-16)13-6-2-1-3-7-13/h1-8,10,14H,9,11-12H2/t14-/m1/s1. The summed E-state index contributed by atoms with van der Waals surface area (Å²) in [5.41, 5.74) is 1.37. The molecule has 1 saturated heterocycles. The van der Waals surface area contributed by atoms with Crippen LogP contribution in [-0.4, -0.2) is 39.0 Å². The van der Waals surface area contributed by atoms with E-state index in [1.54, 1.807) is 23.2 Å². The maximum absolute atomic E-state index is 12.4. The first-order valence-corrected chi connectivity index (χ1v) is 7.90. The molecule has 0 spiro atoms. The molecule has 1 amide bonds. The molecule has 2 aromatic heterocycles. The van der Waals surface area contributed by atoms with E-state index in [1.807, 2.05) is 36.4 Å². The van der Waals surface area contributed by atoms with Gasteiger partial charge in [-0.25, -0.2) is 0 Å². The molecule has 6 heteroatoms. The van der Waals surface area contributed by atoms with Crippen molar-refractivity contribution in [2.75, 3.05) is 13.1 Å². The van der Waals surface area contributed by atoms with Crippen LogP contribution in [0, 0.1) is 0 Å². The van der Waals surface area contributed by atoms with E-state index in [9.17, 15) is 4.79 Å². The molecule has 0 aliphatic carbocycles. The highest BCUT2D eigenvalue weighted by molar-refractivity contribution is 5.92. The monoisotopic (exact) mass is 320 g/mol. The fourth-order valence-corrected chi connectivity index (χ4v) is 2.91. The lowest BCUT2D eigenvalue weighted by molar-refractivity contribution is 0.0784. The minimum absolute atomic E-state index is 0.0510. The number of amides is 1. The Bertz CT molecular complexity index is 832.